The van der Waals surface area contributed by atoms with Crippen molar-refractivity contribution in [3.63, 3.8) is 0 Å². The molecule has 1 aromatic rings. The molecule has 0 spiro atoms. The lowest BCUT2D eigenvalue weighted by Gasteiger charge is -2.18. The zero-order chi connectivity index (χ0) is 16.7. The minimum absolute atomic E-state index is 0.0719. The predicted molar refractivity (Wildman–Crippen MR) is 83.2 cm³/mol. The van der Waals surface area contributed by atoms with Gasteiger partial charge in [0.2, 0.25) is 5.91 Å². The number of hydrogen-bond acceptors (Lipinski definition) is 6. The van der Waals surface area contributed by atoms with Crippen LogP contribution in [0.1, 0.15) is 12.5 Å². The minimum Gasteiger partial charge on any atom is -0.461 e. The summed E-state index contributed by atoms with van der Waals surface area (Å²) >= 11 is 6.07. The molecular weight excluding hydrogens is 322 g/mol. The maximum atomic E-state index is 12.7. The Bertz CT molecular complexity index is 746. The summed E-state index contributed by atoms with van der Waals surface area (Å²) in [6, 6.07) is 4.09. The van der Waals surface area contributed by atoms with Crippen LogP contribution in [-0.2, 0) is 19.1 Å². The molecule has 1 saturated heterocycles. The lowest BCUT2D eigenvalue weighted by Crippen LogP contribution is -2.36. The largest absolute Gasteiger partial charge is 0.461 e. The predicted octanol–water partition coefficient (Wildman–Crippen LogP) is 1.03. The molecule has 1 aromatic carbocycles. The number of rotatable bonds is 3. The molecule has 7 nitrogen and oxygen atoms in total. The number of anilines is 1. The minimum atomic E-state index is -0.972. The molecule has 3 rings (SSSR count). The second kappa shape index (κ2) is 5.66. The summed E-state index contributed by atoms with van der Waals surface area (Å²) in [6.07, 6.45) is 0. The zero-order valence-electron chi connectivity index (χ0n) is 12.5. The van der Waals surface area contributed by atoms with Crippen LogP contribution in [0, 0.1) is 12.8 Å². The van der Waals surface area contributed by atoms with E-state index in [0.717, 1.165) is 4.90 Å². The highest BCUT2D eigenvalue weighted by Gasteiger charge is 2.56. The molecule has 23 heavy (non-hydrogen) atoms. The summed E-state index contributed by atoms with van der Waals surface area (Å²) in [6.45, 7) is 3.54. The number of nitrogens with one attached hydrogen (secondary N) is 1. The van der Waals surface area contributed by atoms with Gasteiger partial charge in [0, 0.05) is 5.02 Å². The van der Waals surface area contributed by atoms with Crippen LogP contribution in [0.3, 0.4) is 0 Å². The highest BCUT2D eigenvalue weighted by atomic mass is 35.5. The van der Waals surface area contributed by atoms with E-state index in [1.165, 1.54) is 0 Å². The zero-order valence-corrected chi connectivity index (χ0v) is 13.3. The smallest absolute Gasteiger partial charge is 0.355 e. The number of halogens is 1. The first-order valence-corrected chi connectivity index (χ1v) is 7.48. The molecule has 0 saturated carbocycles. The summed E-state index contributed by atoms with van der Waals surface area (Å²) in [5.74, 6) is -2.64. The van der Waals surface area contributed by atoms with E-state index >= 15 is 0 Å². The average molecular weight is 336 g/mol. The molecule has 120 valence electrons. The third-order valence-electron chi connectivity index (χ3n) is 3.89. The monoisotopic (exact) mass is 335 g/mol. The fourth-order valence-corrected chi connectivity index (χ4v) is 2.91. The van der Waals surface area contributed by atoms with Gasteiger partial charge in [0.15, 0.2) is 5.71 Å². The molecule has 1 fully saturated rings. The molecule has 1 N–H and O–H groups in total. The molecule has 2 atom stereocenters. The van der Waals surface area contributed by atoms with E-state index in [1.807, 2.05) is 0 Å². The summed E-state index contributed by atoms with van der Waals surface area (Å²) in [4.78, 5) is 38.2. The van der Waals surface area contributed by atoms with Crippen molar-refractivity contribution in [3.05, 3.63) is 28.8 Å². The fraction of sp³-hybridized carbons (Fsp3) is 0.333. The van der Waals surface area contributed by atoms with E-state index in [0.29, 0.717) is 16.3 Å². The van der Waals surface area contributed by atoms with Crippen LogP contribution >= 0.6 is 11.6 Å². The molecule has 2 heterocycles. The number of ether oxygens (including phenoxy) is 1. The number of benzene rings is 1. The van der Waals surface area contributed by atoms with Gasteiger partial charge in [-0.25, -0.2) is 9.69 Å². The molecule has 0 bridgehead atoms. The van der Waals surface area contributed by atoms with Gasteiger partial charge in [0.05, 0.1) is 12.3 Å². The van der Waals surface area contributed by atoms with Crippen molar-refractivity contribution in [3.8, 4) is 0 Å². The van der Waals surface area contributed by atoms with Gasteiger partial charge in [-0.05, 0) is 31.5 Å². The molecule has 0 unspecified atom stereocenters. The number of fused-ring (bicyclic) bond motifs is 1. The number of amides is 2. The summed E-state index contributed by atoms with van der Waals surface area (Å²) in [7, 11) is 0. The van der Waals surface area contributed by atoms with Gasteiger partial charge in [-0.15, -0.1) is 0 Å². The number of carbonyl (C=O) groups excluding carboxylic acids is 3. The van der Waals surface area contributed by atoms with Crippen LogP contribution in [0.25, 0.3) is 0 Å². The van der Waals surface area contributed by atoms with Gasteiger partial charge < -0.3 is 4.74 Å². The molecule has 0 radical (unpaired) electrons. The first-order chi connectivity index (χ1) is 11.0. The van der Waals surface area contributed by atoms with Crippen LogP contribution in [0.2, 0.25) is 5.02 Å². The summed E-state index contributed by atoms with van der Waals surface area (Å²) in [5.41, 5.74) is 3.52. The second-order valence-corrected chi connectivity index (χ2v) is 5.61. The molecule has 2 aliphatic rings. The fourth-order valence-electron chi connectivity index (χ4n) is 2.74. The van der Waals surface area contributed by atoms with Gasteiger partial charge in [-0.1, -0.05) is 17.7 Å². The second-order valence-electron chi connectivity index (χ2n) is 5.20. The Balaban J connectivity index is 1.97. The third-order valence-corrected chi connectivity index (χ3v) is 4.30. The highest BCUT2D eigenvalue weighted by molar-refractivity contribution is 6.46. The topological polar surface area (TPSA) is 88.1 Å². The Kier molecular flexibility index (Phi) is 3.81. The van der Waals surface area contributed by atoms with E-state index in [2.05, 4.69) is 10.5 Å². The van der Waals surface area contributed by atoms with Crippen molar-refractivity contribution in [1.29, 1.82) is 0 Å². The maximum absolute atomic E-state index is 12.7. The number of carbonyl (C=O) groups is 3. The number of imide groups is 1. The van der Waals surface area contributed by atoms with E-state index in [-0.39, 0.29) is 12.3 Å². The molecule has 0 aromatic heterocycles. The lowest BCUT2D eigenvalue weighted by atomic mass is 9.99. The van der Waals surface area contributed by atoms with Crippen molar-refractivity contribution in [2.24, 2.45) is 11.0 Å². The Morgan fingerprint density at radius 1 is 1.39 bits per heavy atom. The summed E-state index contributed by atoms with van der Waals surface area (Å²) in [5, 5.41) is 4.26. The van der Waals surface area contributed by atoms with Gasteiger partial charge in [-0.2, -0.15) is 5.10 Å². The maximum Gasteiger partial charge on any atom is 0.355 e. The van der Waals surface area contributed by atoms with E-state index in [4.69, 9.17) is 16.3 Å². The van der Waals surface area contributed by atoms with E-state index in [9.17, 15) is 14.4 Å². The molecular formula is C15H14ClN3O4. The van der Waals surface area contributed by atoms with Gasteiger partial charge in [-0.3, -0.25) is 15.0 Å². The van der Waals surface area contributed by atoms with Crippen LogP contribution in [0.4, 0.5) is 5.69 Å². The lowest BCUT2D eigenvalue weighted by molar-refractivity contribution is -0.136. The van der Waals surface area contributed by atoms with Crippen LogP contribution in [0.5, 0.6) is 0 Å². The normalized spacial score (nSPS) is 22.7. The van der Waals surface area contributed by atoms with Gasteiger partial charge in [0.25, 0.3) is 5.91 Å². The average Bonchev–Trinajstić information content (AvgIpc) is 3.05. The quantitative estimate of drug-likeness (QED) is 0.658. The first kappa shape index (κ1) is 15.5. The number of hydrazone groups is 1. The Labute approximate surface area is 137 Å². The number of nitrogens with zero attached hydrogens (tertiary/aromatic N) is 2. The number of hydrogen-bond donors (Lipinski definition) is 1. The van der Waals surface area contributed by atoms with Crippen molar-refractivity contribution in [1.82, 2.24) is 5.43 Å². The Morgan fingerprint density at radius 3 is 2.83 bits per heavy atom. The molecule has 8 heteroatoms. The Morgan fingerprint density at radius 2 is 2.13 bits per heavy atom. The SMILES string of the molecule is CCOC(=O)C1=NN[C@H]2C(=O)N(c3cccc(Cl)c3C)C(=O)[C@H]12. The molecule has 2 aliphatic heterocycles. The highest BCUT2D eigenvalue weighted by Crippen LogP contribution is 2.34. The molecule has 2 amide bonds. The van der Waals surface area contributed by atoms with Crippen LogP contribution in [0.15, 0.2) is 23.3 Å². The van der Waals surface area contributed by atoms with Crippen LogP contribution < -0.4 is 10.3 Å². The van der Waals surface area contributed by atoms with Crippen molar-refractivity contribution in [2.75, 3.05) is 11.5 Å². The van der Waals surface area contributed by atoms with Crippen LogP contribution in [-0.4, -0.2) is 36.1 Å². The van der Waals surface area contributed by atoms with Crippen molar-refractivity contribution < 1.29 is 19.1 Å². The standard InChI is InChI=1S/C15H14ClN3O4/c1-3-23-15(22)12-10-11(17-18-12)14(21)19(13(10)20)9-6-4-5-8(16)7(9)2/h4-6,10-11,17H,3H2,1-2H3/t10-,11+/m0/s1. The third kappa shape index (κ3) is 2.28. The van der Waals surface area contributed by atoms with Crippen molar-refractivity contribution in [2.45, 2.75) is 19.9 Å². The Hall–Kier alpha value is -2.41. The van der Waals surface area contributed by atoms with Gasteiger partial charge >= 0.3 is 5.97 Å². The first-order valence-electron chi connectivity index (χ1n) is 7.10. The van der Waals surface area contributed by atoms with E-state index < -0.39 is 29.7 Å². The van der Waals surface area contributed by atoms with Gasteiger partial charge in [0.1, 0.15) is 12.0 Å². The molecule has 0 aliphatic carbocycles. The van der Waals surface area contributed by atoms with E-state index in [1.54, 1.807) is 32.0 Å². The summed E-state index contributed by atoms with van der Waals surface area (Å²) < 4.78 is 4.89. The van der Waals surface area contributed by atoms with Crippen molar-refractivity contribution >= 4 is 40.8 Å². The number of esters is 1.